The summed E-state index contributed by atoms with van der Waals surface area (Å²) in [6.45, 7) is 0. The van der Waals surface area contributed by atoms with Gasteiger partial charge in [0.05, 0.1) is 18.2 Å². The van der Waals surface area contributed by atoms with Crippen LogP contribution in [0.1, 0.15) is 44.1 Å². The van der Waals surface area contributed by atoms with E-state index in [-0.39, 0.29) is 11.6 Å². The molecule has 2 fully saturated rings. The van der Waals surface area contributed by atoms with E-state index < -0.39 is 0 Å². The lowest BCUT2D eigenvalue weighted by atomic mass is 10.1. The van der Waals surface area contributed by atoms with E-state index in [1.807, 2.05) is 12.1 Å². The van der Waals surface area contributed by atoms with Gasteiger partial charge in [-0.15, -0.1) is 0 Å². The van der Waals surface area contributed by atoms with Crippen LogP contribution in [-0.4, -0.2) is 13.2 Å². The van der Waals surface area contributed by atoms with Crippen LogP contribution >= 0.6 is 11.6 Å². The fourth-order valence-electron chi connectivity index (χ4n) is 2.72. The molecular formula is C15H20ClNO2. The van der Waals surface area contributed by atoms with E-state index in [0.29, 0.717) is 16.5 Å². The minimum Gasteiger partial charge on any atom is -0.493 e. The standard InChI is InChI=1S/C15H20ClNO2/c1-18-13-9-10(15(17)6-7-15)8-12(16)14(13)19-11-4-2-3-5-11/h8-9,11H,2-7,17H2,1H3. The molecule has 0 spiro atoms. The van der Waals surface area contributed by atoms with Gasteiger partial charge in [-0.1, -0.05) is 11.6 Å². The Bertz CT molecular complexity index is 479. The van der Waals surface area contributed by atoms with Crippen molar-refractivity contribution in [2.24, 2.45) is 5.73 Å². The predicted molar refractivity (Wildman–Crippen MR) is 76.0 cm³/mol. The molecule has 0 bridgehead atoms. The molecule has 2 N–H and O–H groups in total. The molecule has 0 amide bonds. The number of hydrogen-bond acceptors (Lipinski definition) is 3. The molecule has 0 saturated heterocycles. The maximum atomic E-state index is 6.37. The van der Waals surface area contributed by atoms with Crippen LogP contribution in [0.15, 0.2) is 12.1 Å². The Hall–Kier alpha value is -0.930. The second-order valence-corrected chi connectivity index (χ2v) is 6.08. The second-order valence-electron chi connectivity index (χ2n) is 5.67. The molecule has 2 saturated carbocycles. The number of rotatable bonds is 4. The van der Waals surface area contributed by atoms with E-state index >= 15 is 0 Å². The first-order valence-electron chi connectivity index (χ1n) is 6.96. The van der Waals surface area contributed by atoms with Crippen molar-refractivity contribution in [1.82, 2.24) is 0 Å². The molecule has 3 nitrogen and oxygen atoms in total. The molecule has 2 aliphatic carbocycles. The van der Waals surface area contributed by atoms with Crippen LogP contribution in [0, 0.1) is 0 Å². The average Bonchev–Trinajstić information content (AvgIpc) is 2.95. The minimum absolute atomic E-state index is 0.206. The molecule has 0 radical (unpaired) electrons. The maximum Gasteiger partial charge on any atom is 0.180 e. The lowest BCUT2D eigenvalue weighted by Crippen LogP contribution is -2.19. The van der Waals surface area contributed by atoms with Gasteiger partial charge in [0.1, 0.15) is 0 Å². The van der Waals surface area contributed by atoms with E-state index in [0.717, 1.165) is 31.2 Å². The van der Waals surface area contributed by atoms with Gasteiger partial charge in [-0.2, -0.15) is 0 Å². The lowest BCUT2D eigenvalue weighted by molar-refractivity contribution is 0.201. The summed E-state index contributed by atoms with van der Waals surface area (Å²) in [4.78, 5) is 0. The van der Waals surface area contributed by atoms with Crippen LogP contribution in [0.3, 0.4) is 0 Å². The number of methoxy groups -OCH3 is 1. The highest BCUT2D eigenvalue weighted by Crippen LogP contribution is 2.48. The first kappa shape index (κ1) is 13.1. The SMILES string of the molecule is COc1cc(C2(N)CC2)cc(Cl)c1OC1CCCC1. The molecule has 19 heavy (non-hydrogen) atoms. The van der Waals surface area contributed by atoms with Gasteiger partial charge < -0.3 is 15.2 Å². The van der Waals surface area contributed by atoms with Gasteiger partial charge in [0, 0.05) is 5.54 Å². The summed E-state index contributed by atoms with van der Waals surface area (Å²) in [5.74, 6) is 1.37. The Morgan fingerprint density at radius 3 is 2.53 bits per heavy atom. The number of ether oxygens (including phenoxy) is 2. The minimum atomic E-state index is -0.206. The molecule has 0 heterocycles. The summed E-state index contributed by atoms with van der Waals surface area (Å²) in [5, 5.41) is 0.609. The molecular weight excluding hydrogens is 262 g/mol. The summed E-state index contributed by atoms with van der Waals surface area (Å²) in [7, 11) is 1.65. The summed E-state index contributed by atoms with van der Waals surface area (Å²) in [5.41, 5.74) is 7.06. The van der Waals surface area contributed by atoms with Crippen LogP contribution in [0.4, 0.5) is 0 Å². The van der Waals surface area contributed by atoms with E-state index in [1.54, 1.807) is 7.11 Å². The van der Waals surface area contributed by atoms with Crippen molar-refractivity contribution < 1.29 is 9.47 Å². The van der Waals surface area contributed by atoms with Crippen LogP contribution in [0.25, 0.3) is 0 Å². The van der Waals surface area contributed by atoms with E-state index in [9.17, 15) is 0 Å². The first-order chi connectivity index (χ1) is 9.12. The Labute approximate surface area is 119 Å². The highest BCUT2D eigenvalue weighted by Gasteiger charge is 2.41. The maximum absolute atomic E-state index is 6.37. The fraction of sp³-hybridized carbons (Fsp3) is 0.600. The molecule has 4 heteroatoms. The van der Waals surface area contributed by atoms with Crippen molar-refractivity contribution in [2.75, 3.05) is 7.11 Å². The Kier molecular flexibility index (Phi) is 3.35. The Morgan fingerprint density at radius 2 is 1.95 bits per heavy atom. The molecule has 0 aliphatic heterocycles. The zero-order valence-electron chi connectivity index (χ0n) is 11.2. The number of halogens is 1. The van der Waals surface area contributed by atoms with Gasteiger partial charge in [-0.25, -0.2) is 0 Å². The largest absolute Gasteiger partial charge is 0.493 e. The third-order valence-electron chi connectivity index (χ3n) is 4.18. The molecule has 2 aliphatic rings. The second kappa shape index (κ2) is 4.88. The average molecular weight is 282 g/mol. The van der Waals surface area contributed by atoms with Gasteiger partial charge >= 0.3 is 0 Å². The first-order valence-corrected chi connectivity index (χ1v) is 7.34. The number of benzene rings is 1. The van der Waals surface area contributed by atoms with Crippen molar-refractivity contribution in [3.63, 3.8) is 0 Å². The monoisotopic (exact) mass is 281 g/mol. The van der Waals surface area contributed by atoms with Crippen molar-refractivity contribution in [1.29, 1.82) is 0 Å². The molecule has 1 aromatic rings. The van der Waals surface area contributed by atoms with Gasteiger partial charge in [0.2, 0.25) is 0 Å². The zero-order valence-corrected chi connectivity index (χ0v) is 12.0. The smallest absolute Gasteiger partial charge is 0.180 e. The third kappa shape index (κ3) is 2.54. The number of hydrogen-bond donors (Lipinski definition) is 1. The summed E-state index contributed by atoms with van der Waals surface area (Å²) < 4.78 is 11.5. The Balaban J connectivity index is 1.89. The van der Waals surface area contributed by atoms with Crippen LogP contribution in [0.2, 0.25) is 5.02 Å². The lowest BCUT2D eigenvalue weighted by Gasteiger charge is -2.19. The van der Waals surface area contributed by atoms with Gasteiger partial charge in [0.25, 0.3) is 0 Å². The summed E-state index contributed by atoms with van der Waals surface area (Å²) >= 11 is 6.37. The third-order valence-corrected chi connectivity index (χ3v) is 4.46. The van der Waals surface area contributed by atoms with E-state index in [1.165, 1.54) is 12.8 Å². The van der Waals surface area contributed by atoms with Crippen molar-refractivity contribution >= 4 is 11.6 Å². The normalized spacial score (nSPS) is 21.4. The molecule has 0 aromatic heterocycles. The summed E-state index contributed by atoms with van der Waals surface area (Å²) in [6.07, 6.45) is 6.95. The fourth-order valence-corrected chi connectivity index (χ4v) is 2.97. The number of nitrogens with two attached hydrogens (primary N) is 1. The van der Waals surface area contributed by atoms with Crippen LogP contribution in [-0.2, 0) is 5.54 Å². The Morgan fingerprint density at radius 1 is 1.26 bits per heavy atom. The zero-order chi connectivity index (χ0) is 13.5. The van der Waals surface area contributed by atoms with E-state index in [4.69, 9.17) is 26.8 Å². The van der Waals surface area contributed by atoms with Crippen LogP contribution < -0.4 is 15.2 Å². The van der Waals surface area contributed by atoms with Crippen LogP contribution in [0.5, 0.6) is 11.5 Å². The quantitative estimate of drug-likeness (QED) is 0.917. The molecule has 0 unspecified atom stereocenters. The van der Waals surface area contributed by atoms with Gasteiger partial charge in [-0.05, 0) is 56.2 Å². The highest BCUT2D eigenvalue weighted by atomic mass is 35.5. The molecule has 104 valence electrons. The van der Waals surface area contributed by atoms with Gasteiger partial charge in [-0.3, -0.25) is 0 Å². The highest BCUT2D eigenvalue weighted by molar-refractivity contribution is 6.32. The molecule has 1 aromatic carbocycles. The molecule has 3 rings (SSSR count). The molecule has 0 atom stereocenters. The van der Waals surface area contributed by atoms with Crippen molar-refractivity contribution in [2.45, 2.75) is 50.2 Å². The van der Waals surface area contributed by atoms with Crippen molar-refractivity contribution in [3.8, 4) is 11.5 Å². The van der Waals surface area contributed by atoms with Gasteiger partial charge in [0.15, 0.2) is 11.5 Å². The van der Waals surface area contributed by atoms with Crippen molar-refractivity contribution in [3.05, 3.63) is 22.7 Å². The predicted octanol–water partition coefficient (Wildman–Crippen LogP) is 3.62. The topological polar surface area (TPSA) is 44.5 Å². The van der Waals surface area contributed by atoms with E-state index in [2.05, 4.69) is 0 Å². The summed E-state index contributed by atoms with van der Waals surface area (Å²) in [6, 6.07) is 3.91.